The summed E-state index contributed by atoms with van der Waals surface area (Å²) in [5.41, 5.74) is 0.851. The number of urea groups is 1. The average Bonchev–Trinajstić information content (AvgIpc) is 2.96. The molecule has 2 heterocycles. The fraction of sp³-hybridized carbons (Fsp3) is 0.500. The second-order valence-electron chi connectivity index (χ2n) is 3.95. The van der Waals surface area contributed by atoms with E-state index in [0.29, 0.717) is 19.5 Å². The minimum atomic E-state index is -0.944. The Bertz CT molecular complexity index is 404. The smallest absolute Gasteiger partial charge is 0.326 e. The van der Waals surface area contributed by atoms with E-state index in [2.05, 4.69) is 15.5 Å². The molecule has 1 saturated heterocycles. The van der Waals surface area contributed by atoms with Gasteiger partial charge in [0, 0.05) is 24.8 Å². The Balaban J connectivity index is 1.89. The van der Waals surface area contributed by atoms with Crippen LogP contribution in [0.3, 0.4) is 0 Å². The summed E-state index contributed by atoms with van der Waals surface area (Å²) in [5, 5.41) is 18.0. The van der Waals surface area contributed by atoms with Gasteiger partial charge in [0.15, 0.2) is 0 Å². The molecule has 1 atom stereocenters. The average molecular weight is 238 g/mol. The van der Waals surface area contributed by atoms with E-state index in [1.165, 1.54) is 4.90 Å². The lowest BCUT2D eigenvalue weighted by Crippen LogP contribution is -2.45. The lowest BCUT2D eigenvalue weighted by atomic mass is 10.2. The number of hydrogen-bond donors (Lipinski definition) is 3. The number of hydrogen-bond acceptors (Lipinski definition) is 3. The van der Waals surface area contributed by atoms with Crippen LogP contribution in [0.25, 0.3) is 0 Å². The summed E-state index contributed by atoms with van der Waals surface area (Å²) in [6, 6.07) is -1.03. The maximum absolute atomic E-state index is 11.8. The molecule has 0 saturated carbocycles. The highest BCUT2D eigenvalue weighted by atomic mass is 16.4. The Hall–Kier alpha value is -2.05. The normalized spacial score (nSPS) is 19.3. The van der Waals surface area contributed by atoms with Gasteiger partial charge in [-0.15, -0.1) is 0 Å². The van der Waals surface area contributed by atoms with Crippen LogP contribution in [0.15, 0.2) is 12.4 Å². The van der Waals surface area contributed by atoms with E-state index < -0.39 is 12.0 Å². The lowest BCUT2D eigenvalue weighted by Gasteiger charge is -2.21. The van der Waals surface area contributed by atoms with Crippen LogP contribution in [0.2, 0.25) is 0 Å². The van der Waals surface area contributed by atoms with E-state index in [9.17, 15) is 9.59 Å². The molecular weight excluding hydrogens is 224 g/mol. The first-order chi connectivity index (χ1) is 8.18. The Morgan fingerprint density at radius 3 is 3.12 bits per heavy atom. The molecule has 0 radical (unpaired) electrons. The topological polar surface area (TPSA) is 98.3 Å². The molecule has 0 spiro atoms. The molecule has 2 rings (SSSR count). The van der Waals surface area contributed by atoms with Gasteiger partial charge in [0.2, 0.25) is 0 Å². The van der Waals surface area contributed by atoms with Crippen LogP contribution in [-0.2, 0) is 11.3 Å². The molecule has 1 aliphatic rings. The molecule has 7 nitrogen and oxygen atoms in total. The van der Waals surface area contributed by atoms with Crippen LogP contribution in [0.4, 0.5) is 4.79 Å². The fourth-order valence-corrected chi connectivity index (χ4v) is 1.92. The van der Waals surface area contributed by atoms with E-state index in [4.69, 9.17) is 5.11 Å². The van der Waals surface area contributed by atoms with Crippen molar-refractivity contribution in [1.82, 2.24) is 20.4 Å². The van der Waals surface area contributed by atoms with Crippen LogP contribution in [0.5, 0.6) is 0 Å². The Labute approximate surface area is 97.8 Å². The zero-order valence-corrected chi connectivity index (χ0v) is 9.22. The van der Waals surface area contributed by atoms with E-state index >= 15 is 0 Å². The summed E-state index contributed by atoms with van der Waals surface area (Å²) >= 11 is 0. The summed E-state index contributed by atoms with van der Waals surface area (Å²) < 4.78 is 0. The molecule has 1 aromatic rings. The molecule has 7 heteroatoms. The summed E-state index contributed by atoms with van der Waals surface area (Å²) in [6.07, 6.45) is 4.54. The summed E-state index contributed by atoms with van der Waals surface area (Å²) in [4.78, 5) is 24.1. The van der Waals surface area contributed by atoms with E-state index in [-0.39, 0.29) is 6.03 Å². The predicted molar refractivity (Wildman–Crippen MR) is 58.2 cm³/mol. The highest BCUT2D eigenvalue weighted by Crippen LogP contribution is 2.17. The molecule has 0 aromatic carbocycles. The number of carboxylic acids is 1. The first-order valence-electron chi connectivity index (χ1n) is 5.43. The number of rotatable bonds is 3. The van der Waals surface area contributed by atoms with Gasteiger partial charge in [0.05, 0.1) is 6.20 Å². The summed E-state index contributed by atoms with van der Waals surface area (Å²) in [6.45, 7) is 0.840. The molecule has 1 aliphatic heterocycles. The second-order valence-corrected chi connectivity index (χ2v) is 3.95. The van der Waals surface area contributed by atoms with Crippen LogP contribution < -0.4 is 5.32 Å². The highest BCUT2D eigenvalue weighted by molar-refractivity contribution is 5.83. The van der Waals surface area contributed by atoms with Gasteiger partial charge < -0.3 is 15.3 Å². The van der Waals surface area contributed by atoms with Crippen LogP contribution in [-0.4, -0.2) is 44.8 Å². The quantitative estimate of drug-likeness (QED) is 0.699. The number of likely N-dealkylation sites (tertiary alicyclic amines) is 1. The monoisotopic (exact) mass is 238 g/mol. The van der Waals surface area contributed by atoms with Crippen molar-refractivity contribution in [2.24, 2.45) is 0 Å². The van der Waals surface area contributed by atoms with Gasteiger partial charge in [-0.05, 0) is 12.8 Å². The number of amides is 2. The second kappa shape index (κ2) is 4.86. The zero-order chi connectivity index (χ0) is 12.3. The maximum Gasteiger partial charge on any atom is 0.326 e. The first-order valence-corrected chi connectivity index (χ1v) is 5.43. The van der Waals surface area contributed by atoms with Crippen molar-refractivity contribution in [2.45, 2.75) is 25.4 Å². The van der Waals surface area contributed by atoms with Gasteiger partial charge in [-0.2, -0.15) is 5.10 Å². The number of carbonyl (C=O) groups excluding carboxylic acids is 1. The van der Waals surface area contributed by atoms with E-state index in [1.54, 1.807) is 12.4 Å². The van der Waals surface area contributed by atoms with Gasteiger partial charge >= 0.3 is 12.0 Å². The third-order valence-electron chi connectivity index (χ3n) is 2.80. The number of aromatic amines is 1. The number of aromatic nitrogens is 2. The van der Waals surface area contributed by atoms with Crippen LogP contribution in [0.1, 0.15) is 18.4 Å². The molecule has 3 N–H and O–H groups in total. The Morgan fingerprint density at radius 2 is 2.47 bits per heavy atom. The number of nitrogens with zero attached hydrogens (tertiary/aromatic N) is 2. The molecule has 92 valence electrons. The SMILES string of the molecule is O=C(O)[C@H]1CCCN1C(=O)NCc1cn[nH]c1. The zero-order valence-electron chi connectivity index (χ0n) is 9.22. The van der Waals surface area contributed by atoms with Gasteiger partial charge in [0.1, 0.15) is 6.04 Å². The molecule has 1 aromatic heterocycles. The fourth-order valence-electron chi connectivity index (χ4n) is 1.92. The van der Waals surface area contributed by atoms with Crippen molar-refractivity contribution >= 4 is 12.0 Å². The van der Waals surface area contributed by atoms with Crippen LogP contribution >= 0.6 is 0 Å². The molecule has 0 aliphatic carbocycles. The van der Waals surface area contributed by atoms with E-state index in [1.807, 2.05) is 0 Å². The van der Waals surface area contributed by atoms with Crippen molar-refractivity contribution in [3.05, 3.63) is 18.0 Å². The van der Waals surface area contributed by atoms with Crippen molar-refractivity contribution in [3.63, 3.8) is 0 Å². The molecule has 1 fully saturated rings. The third kappa shape index (κ3) is 2.55. The van der Waals surface area contributed by atoms with Crippen molar-refractivity contribution in [3.8, 4) is 0 Å². The molecule has 2 amide bonds. The van der Waals surface area contributed by atoms with Crippen LogP contribution in [0, 0.1) is 0 Å². The number of H-pyrrole nitrogens is 1. The molecular formula is C10H14N4O3. The molecule has 0 bridgehead atoms. The third-order valence-corrected chi connectivity index (χ3v) is 2.80. The van der Waals surface area contributed by atoms with Crippen molar-refractivity contribution in [2.75, 3.05) is 6.54 Å². The summed E-state index contributed by atoms with van der Waals surface area (Å²) in [7, 11) is 0. The Kier molecular flexibility index (Phi) is 3.27. The summed E-state index contributed by atoms with van der Waals surface area (Å²) in [5.74, 6) is -0.944. The minimum Gasteiger partial charge on any atom is -0.480 e. The van der Waals surface area contributed by atoms with Gasteiger partial charge in [-0.3, -0.25) is 5.10 Å². The van der Waals surface area contributed by atoms with E-state index in [0.717, 1.165) is 12.0 Å². The van der Waals surface area contributed by atoms with Crippen molar-refractivity contribution in [1.29, 1.82) is 0 Å². The Morgan fingerprint density at radius 1 is 1.65 bits per heavy atom. The van der Waals surface area contributed by atoms with Gasteiger partial charge in [-0.25, -0.2) is 9.59 Å². The van der Waals surface area contributed by atoms with Crippen molar-refractivity contribution < 1.29 is 14.7 Å². The van der Waals surface area contributed by atoms with Gasteiger partial charge in [-0.1, -0.05) is 0 Å². The standard InChI is InChI=1S/C10H14N4O3/c15-9(16)8-2-1-3-14(8)10(17)11-4-7-5-12-13-6-7/h5-6,8H,1-4H2,(H,11,17)(H,12,13)(H,15,16)/t8-/m1/s1. The van der Waals surface area contributed by atoms with Gasteiger partial charge in [0.25, 0.3) is 0 Å². The minimum absolute atomic E-state index is 0.337. The molecule has 0 unspecified atom stereocenters. The number of nitrogens with one attached hydrogen (secondary N) is 2. The first kappa shape index (κ1) is 11.4. The number of carboxylic acid groups (broad SMARTS) is 1. The predicted octanol–water partition coefficient (Wildman–Crippen LogP) is 0.168. The number of carbonyl (C=O) groups is 2. The lowest BCUT2D eigenvalue weighted by molar-refractivity contribution is -0.141. The molecule has 17 heavy (non-hydrogen) atoms. The number of aliphatic carboxylic acids is 1. The largest absolute Gasteiger partial charge is 0.480 e. The highest BCUT2D eigenvalue weighted by Gasteiger charge is 2.33. The maximum atomic E-state index is 11.8.